The number of benzene rings is 2. The summed E-state index contributed by atoms with van der Waals surface area (Å²) in [7, 11) is 0. The first-order valence-electron chi connectivity index (χ1n) is 8.46. The number of nitrogens with zero attached hydrogens (tertiary/aromatic N) is 2. The second-order valence-electron chi connectivity index (χ2n) is 7.66. The molecular formula is C20H22N2O4. The smallest absolute Gasteiger partial charge is 0.311 e. The fourth-order valence-electron chi connectivity index (χ4n) is 4.36. The minimum Gasteiger partial charge on any atom is -0.502 e. The van der Waals surface area contributed by atoms with Gasteiger partial charge in [0, 0.05) is 30.0 Å². The number of nitro benzene ring substituents is 1. The van der Waals surface area contributed by atoms with Crippen molar-refractivity contribution in [3.05, 3.63) is 63.7 Å². The average Bonchev–Trinajstić information content (AvgIpc) is 2.53. The largest absolute Gasteiger partial charge is 0.502 e. The van der Waals surface area contributed by atoms with Crippen molar-refractivity contribution in [2.24, 2.45) is 0 Å². The summed E-state index contributed by atoms with van der Waals surface area (Å²) in [5.41, 5.74) is 0.786. The number of phenols is 1. The van der Waals surface area contributed by atoms with Crippen LogP contribution >= 0.6 is 0 Å². The molecular weight excluding hydrogens is 332 g/mol. The van der Waals surface area contributed by atoms with Crippen molar-refractivity contribution in [1.29, 1.82) is 0 Å². The summed E-state index contributed by atoms with van der Waals surface area (Å²) in [6.07, 6.45) is 0.596. The van der Waals surface area contributed by atoms with Crippen LogP contribution in [-0.4, -0.2) is 21.5 Å². The Labute approximate surface area is 152 Å². The van der Waals surface area contributed by atoms with Crippen molar-refractivity contribution in [2.75, 3.05) is 4.90 Å². The van der Waals surface area contributed by atoms with E-state index in [1.165, 1.54) is 19.1 Å². The van der Waals surface area contributed by atoms with Crippen LogP contribution in [0.15, 0.2) is 42.5 Å². The molecule has 1 N–H and O–H groups in total. The zero-order valence-electron chi connectivity index (χ0n) is 15.3. The Morgan fingerprint density at radius 1 is 1.19 bits per heavy atom. The maximum absolute atomic E-state index is 12.4. The van der Waals surface area contributed by atoms with Crippen LogP contribution in [0.25, 0.3) is 0 Å². The number of amides is 1. The zero-order valence-corrected chi connectivity index (χ0v) is 15.3. The highest BCUT2D eigenvalue weighted by molar-refractivity contribution is 5.96. The van der Waals surface area contributed by atoms with Gasteiger partial charge in [-0.2, -0.15) is 0 Å². The maximum atomic E-state index is 12.4. The van der Waals surface area contributed by atoms with Gasteiger partial charge < -0.3 is 10.0 Å². The Bertz CT molecular complexity index is 892. The zero-order chi connectivity index (χ0) is 19.3. The van der Waals surface area contributed by atoms with Gasteiger partial charge in [0.15, 0.2) is 5.75 Å². The predicted octanol–water partition coefficient (Wildman–Crippen LogP) is 4.14. The van der Waals surface area contributed by atoms with Crippen molar-refractivity contribution in [2.45, 2.75) is 45.1 Å². The molecule has 26 heavy (non-hydrogen) atoms. The molecule has 2 aromatic carbocycles. The van der Waals surface area contributed by atoms with Gasteiger partial charge in [-0.15, -0.1) is 0 Å². The second-order valence-corrected chi connectivity index (χ2v) is 7.66. The first-order chi connectivity index (χ1) is 12.1. The topological polar surface area (TPSA) is 83.7 Å². The Hall–Kier alpha value is -2.89. The number of carbonyl (C=O) groups excluding carboxylic acids is 1. The molecule has 1 amide bonds. The van der Waals surface area contributed by atoms with Gasteiger partial charge in [-0.3, -0.25) is 14.9 Å². The SMILES string of the molecule is CC(=O)N1c2cc(O)c([N+](=O)[O-])cc2C(C)(c2ccccc2)CC1(C)C. The lowest BCUT2D eigenvalue weighted by atomic mass is 9.65. The molecule has 0 fully saturated rings. The molecule has 2 aromatic rings. The Kier molecular flexibility index (Phi) is 4.02. The van der Waals surface area contributed by atoms with Crippen LogP contribution in [0.4, 0.5) is 11.4 Å². The van der Waals surface area contributed by atoms with Crippen LogP contribution in [0.3, 0.4) is 0 Å². The van der Waals surface area contributed by atoms with E-state index in [0.29, 0.717) is 17.7 Å². The minimum atomic E-state index is -0.598. The van der Waals surface area contributed by atoms with Crippen molar-refractivity contribution < 1.29 is 14.8 Å². The van der Waals surface area contributed by atoms with E-state index in [-0.39, 0.29) is 11.6 Å². The summed E-state index contributed by atoms with van der Waals surface area (Å²) in [5, 5.41) is 21.5. The number of hydrogen-bond acceptors (Lipinski definition) is 4. The fourth-order valence-corrected chi connectivity index (χ4v) is 4.36. The van der Waals surface area contributed by atoms with E-state index in [9.17, 15) is 20.0 Å². The molecule has 0 bridgehead atoms. The van der Waals surface area contributed by atoms with Crippen LogP contribution in [0, 0.1) is 10.1 Å². The molecule has 1 atom stereocenters. The van der Waals surface area contributed by atoms with Gasteiger partial charge in [0.1, 0.15) is 0 Å². The van der Waals surface area contributed by atoms with Crippen molar-refractivity contribution in [1.82, 2.24) is 0 Å². The highest BCUT2D eigenvalue weighted by Crippen LogP contribution is 2.52. The van der Waals surface area contributed by atoms with E-state index in [0.717, 1.165) is 5.56 Å². The molecule has 6 heteroatoms. The quantitative estimate of drug-likeness (QED) is 0.649. The third kappa shape index (κ3) is 2.62. The standard InChI is InChI=1S/C20H22N2O4/c1-13(23)21-16-11-18(24)17(22(25)26)10-15(16)20(4,12-19(21,2)3)14-8-6-5-7-9-14/h5-11,24H,12H2,1-4H3. The van der Waals surface area contributed by atoms with E-state index in [1.807, 2.05) is 51.1 Å². The highest BCUT2D eigenvalue weighted by atomic mass is 16.6. The second kappa shape index (κ2) is 5.83. The molecule has 0 aliphatic carbocycles. The molecule has 1 aliphatic heterocycles. The van der Waals surface area contributed by atoms with E-state index >= 15 is 0 Å². The highest BCUT2D eigenvalue weighted by Gasteiger charge is 2.48. The lowest BCUT2D eigenvalue weighted by molar-refractivity contribution is -0.386. The molecule has 0 spiro atoms. The van der Waals surface area contributed by atoms with Crippen LogP contribution in [-0.2, 0) is 10.2 Å². The molecule has 1 heterocycles. The third-order valence-corrected chi connectivity index (χ3v) is 5.24. The van der Waals surface area contributed by atoms with Gasteiger partial charge in [0.05, 0.1) is 10.6 Å². The van der Waals surface area contributed by atoms with Crippen molar-refractivity contribution >= 4 is 17.3 Å². The normalized spacial score (nSPS) is 21.2. The van der Waals surface area contributed by atoms with Gasteiger partial charge in [-0.05, 0) is 31.4 Å². The molecule has 0 radical (unpaired) electrons. The van der Waals surface area contributed by atoms with Crippen LogP contribution in [0.1, 0.15) is 45.2 Å². The predicted molar refractivity (Wildman–Crippen MR) is 99.5 cm³/mol. The van der Waals surface area contributed by atoms with E-state index in [4.69, 9.17) is 0 Å². The number of carbonyl (C=O) groups is 1. The first-order valence-corrected chi connectivity index (χ1v) is 8.46. The van der Waals surface area contributed by atoms with Gasteiger partial charge >= 0.3 is 5.69 Å². The lowest BCUT2D eigenvalue weighted by Crippen LogP contribution is -2.55. The lowest BCUT2D eigenvalue weighted by Gasteiger charge is -2.51. The maximum Gasteiger partial charge on any atom is 0.311 e. The number of hydrogen-bond donors (Lipinski definition) is 1. The molecule has 0 saturated carbocycles. The number of fused-ring (bicyclic) bond motifs is 1. The summed E-state index contributed by atoms with van der Waals surface area (Å²) >= 11 is 0. The molecule has 3 rings (SSSR count). The molecule has 6 nitrogen and oxygen atoms in total. The summed E-state index contributed by atoms with van der Waals surface area (Å²) in [6.45, 7) is 7.43. The number of nitro groups is 1. The number of rotatable bonds is 2. The van der Waals surface area contributed by atoms with Gasteiger partial charge in [0.25, 0.3) is 0 Å². The number of aromatic hydroxyl groups is 1. The summed E-state index contributed by atoms with van der Waals surface area (Å²) in [5.74, 6) is -0.604. The van der Waals surface area contributed by atoms with Crippen LogP contribution < -0.4 is 4.90 Å². The van der Waals surface area contributed by atoms with Crippen LogP contribution in [0.5, 0.6) is 5.75 Å². The number of anilines is 1. The van der Waals surface area contributed by atoms with Crippen LogP contribution in [0.2, 0.25) is 0 Å². The van der Waals surface area contributed by atoms with Gasteiger partial charge in [-0.1, -0.05) is 37.3 Å². The van der Waals surface area contributed by atoms with E-state index < -0.39 is 21.6 Å². The number of phenolic OH excluding ortho intramolecular Hbond substituents is 1. The monoisotopic (exact) mass is 354 g/mol. The Morgan fingerprint density at radius 3 is 2.35 bits per heavy atom. The van der Waals surface area contributed by atoms with Gasteiger partial charge in [0.2, 0.25) is 5.91 Å². The third-order valence-electron chi connectivity index (χ3n) is 5.24. The van der Waals surface area contributed by atoms with E-state index in [1.54, 1.807) is 4.90 Å². The molecule has 0 aromatic heterocycles. The molecule has 136 valence electrons. The first kappa shape index (κ1) is 17.9. The minimum absolute atomic E-state index is 0.167. The Morgan fingerprint density at radius 2 is 1.81 bits per heavy atom. The summed E-state index contributed by atoms with van der Waals surface area (Å²) in [6, 6.07) is 12.5. The molecule has 1 aliphatic rings. The van der Waals surface area contributed by atoms with Crippen molar-refractivity contribution in [3.63, 3.8) is 0 Å². The molecule has 1 unspecified atom stereocenters. The summed E-state index contributed by atoms with van der Waals surface area (Å²) < 4.78 is 0. The van der Waals surface area contributed by atoms with Crippen molar-refractivity contribution in [3.8, 4) is 5.75 Å². The van der Waals surface area contributed by atoms with E-state index in [2.05, 4.69) is 0 Å². The Balaban J connectivity index is 2.37. The average molecular weight is 354 g/mol. The fraction of sp³-hybridized carbons (Fsp3) is 0.350. The molecule has 0 saturated heterocycles. The van der Waals surface area contributed by atoms with Gasteiger partial charge in [-0.25, -0.2) is 0 Å². The summed E-state index contributed by atoms with van der Waals surface area (Å²) in [4.78, 5) is 24.8.